The first-order chi connectivity index (χ1) is 15.6. The lowest BCUT2D eigenvalue weighted by molar-refractivity contribution is -0.141. The Hall–Kier alpha value is -3.60. The Morgan fingerprint density at radius 3 is 2.09 bits per heavy atom. The second-order valence-electron chi connectivity index (χ2n) is 7.56. The molecule has 0 heterocycles. The van der Waals surface area contributed by atoms with Crippen LogP contribution in [0.2, 0.25) is 0 Å². The number of hydrogen-bond acceptors (Lipinski definition) is 3. The molecule has 0 aromatic heterocycles. The molecule has 0 saturated heterocycles. The van der Waals surface area contributed by atoms with Crippen LogP contribution in [-0.4, -0.2) is 30.4 Å². The zero-order chi connectivity index (χ0) is 22.8. The Morgan fingerprint density at radius 1 is 0.875 bits per heavy atom. The van der Waals surface area contributed by atoms with E-state index in [1.165, 1.54) is 0 Å². The quantitative estimate of drug-likeness (QED) is 0.514. The summed E-state index contributed by atoms with van der Waals surface area (Å²) in [7, 11) is 1.62. The van der Waals surface area contributed by atoms with E-state index in [0.29, 0.717) is 25.9 Å². The number of benzene rings is 3. The van der Waals surface area contributed by atoms with Crippen LogP contribution >= 0.6 is 0 Å². The predicted octanol–water partition coefficient (Wildman–Crippen LogP) is 4.53. The summed E-state index contributed by atoms with van der Waals surface area (Å²) in [5.41, 5.74) is 2.82. The molecule has 0 unspecified atom stereocenters. The van der Waals surface area contributed by atoms with Crippen molar-refractivity contribution < 1.29 is 14.3 Å². The molecular weight excluding hydrogens is 400 g/mol. The van der Waals surface area contributed by atoms with Gasteiger partial charge >= 0.3 is 0 Å². The number of amides is 2. The van der Waals surface area contributed by atoms with E-state index >= 15 is 0 Å². The molecule has 166 valence electrons. The van der Waals surface area contributed by atoms with Crippen molar-refractivity contribution >= 4 is 11.8 Å². The van der Waals surface area contributed by atoms with Crippen molar-refractivity contribution in [3.63, 3.8) is 0 Å². The summed E-state index contributed by atoms with van der Waals surface area (Å²) < 4.78 is 5.25. The number of rotatable bonds is 10. The van der Waals surface area contributed by atoms with E-state index in [0.717, 1.165) is 22.4 Å². The van der Waals surface area contributed by atoms with Crippen molar-refractivity contribution in [2.24, 2.45) is 0 Å². The fourth-order valence-corrected chi connectivity index (χ4v) is 3.67. The minimum atomic E-state index is -0.707. The van der Waals surface area contributed by atoms with Crippen LogP contribution in [0.5, 0.6) is 5.75 Å². The second-order valence-corrected chi connectivity index (χ2v) is 7.56. The van der Waals surface area contributed by atoms with Gasteiger partial charge in [0.25, 0.3) is 0 Å². The normalized spacial score (nSPS) is 11.4. The maximum absolute atomic E-state index is 13.5. The van der Waals surface area contributed by atoms with Crippen molar-refractivity contribution in [1.29, 1.82) is 0 Å². The number of aryl methyl sites for hydroxylation is 1. The van der Waals surface area contributed by atoms with Crippen molar-refractivity contribution in [1.82, 2.24) is 10.2 Å². The van der Waals surface area contributed by atoms with Crippen LogP contribution in [-0.2, 0) is 22.6 Å². The van der Waals surface area contributed by atoms with Gasteiger partial charge in [-0.05, 0) is 42.2 Å². The Morgan fingerprint density at radius 2 is 1.50 bits per heavy atom. The van der Waals surface area contributed by atoms with Gasteiger partial charge in [-0.3, -0.25) is 9.59 Å². The number of nitrogens with one attached hydrogen (secondary N) is 1. The average Bonchev–Trinajstić information content (AvgIpc) is 2.84. The molecule has 5 nitrogen and oxygen atoms in total. The molecule has 0 saturated carbocycles. The monoisotopic (exact) mass is 430 g/mol. The van der Waals surface area contributed by atoms with Gasteiger partial charge in [0.1, 0.15) is 11.8 Å². The maximum atomic E-state index is 13.5. The standard InChI is InChI=1S/C27H30N2O3/c1-3-28-27(31)26(23-12-8-5-9-13-23)29(20-22-14-17-24(32-2)18-15-22)25(30)19-16-21-10-6-4-7-11-21/h4-15,17-18,26H,3,16,19-20H2,1-2H3,(H,28,31)/t26-/m1/s1. The van der Waals surface area contributed by atoms with Gasteiger partial charge < -0.3 is 15.0 Å². The first kappa shape index (κ1) is 23.1. The van der Waals surface area contributed by atoms with E-state index in [1.807, 2.05) is 91.9 Å². The van der Waals surface area contributed by atoms with Crippen LogP contribution in [0.15, 0.2) is 84.9 Å². The third kappa shape index (κ3) is 6.20. The number of carbonyl (C=O) groups excluding carboxylic acids is 2. The third-order valence-electron chi connectivity index (χ3n) is 5.33. The van der Waals surface area contributed by atoms with Crippen LogP contribution < -0.4 is 10.1 Å². The molecule has 0 aliphatic carbocycles. The Kier molecular flexibility index (Phi) is 8.44. The second kappa shape index (κ2) is 11.7. The van der Waals surface area contributed by atoms with Crippen LogP contribution in [0.1, 0.15) is 36.1 Å². The predicted molar refractivity (Wildman–Crippen MR) is 126 cm³/mol. The van der Waals surface area contributed by atoms with Crippen LogP contribution in [0.25, 0.3) is 0 Å². The molecule has 1 N–H and O–H groups in total. The van der Waals surface area contributed by atoms with Gasteiger partial charge in [-0.15, -0.1) is 0 Å². The van der Waals surface area contributed by atoms with Crippen LogP contribution in [0.4, 0.5) is 0 Å². The van der Waals surface area contributed by atoms with Gasteiger partial charge in [-0.2, -0.15) is 0 Å². The molecule has 3 aromatic carbocycles. The lowest BCUT2D eigenvalue weighted by Gasteiger charge is -2.31. The molecule has 5 heteroatoms. The highest BCUT2D eigenvalue weighted by atomic mass is 16.5. The molecule has 0 radical (unpaired) electrons. The van der Waals surface area contributed by atoms with Crippen molar-refractivity contribution in [3.05, 3.63) is 102 Å². The van der Waals surface area contributed by atoms with Gasteiger partial charge in [0.05, 0.1) is 7.11 Å². The van der Waals surface area contributed by atoms with E-state index in [1.54, 1.807) is 12.0 Å². The molecule has 1 atom stereocenters. The summed E-state index contributed by atoms with van der Waals surface area (Å²) in [6.45, 7) is 2.70. The Bertz CT molecular complexity index is 988. The minimum Gasteiger partial charge on any atom is -0.497 e. The highest BCUT2D eigenvalue weighted by Crippen LogP contribution is 2.25. The largest absolute Gasteiger partial charge is 0.497 e. The molecule has 2 amide bonds. The summed E-state index contributed by atoms with van der Waals surface area (Å²) in [6, 6.07) is 26.3. The van der Waals surface area contributed by atoms with E-state index in [9.17, 15) is 9.59 Å². The fourth-order valence-electron chi connectivity index (χ4n) is 3.67. The molecule has 3 aromatic rings. The first-order valence-electron chi connectivity index (χ1n) is 10.9. The number of likely N-dealkylation sites (N-methyl/N-ethyl adjacent to an activating group) is 1. The average molecular weight is 431 g/mol. The van der Waals surface area contributed by atoms with Gasteiger partial charge in [-0.1, -0.05) is 72.8 Å². The van der Waals surface area contributed by atoms with E-state index < -0.39 is 6.04 Å². The minimum absolute atomic E-state index is 0.0650. The zero-order valence-electron chi connectivity index (χ0n) is 18.7. The van der Waals surface area contributed by atoms with Crippen LogP contribution in [0, 0.1) is 0 Å². The smallest absolute Gasteiger partial charge is 0.247 e. The number of ether oxygens (including phenoxy) is 1. The number of nitrogens with zero attached hydrogens (tertiary/aromatic N) is 1. The molecule has 3 rings (SSSR count). The number of carbonyl (C=O) groups is 2. The zero-order valence-corrected chi connectivity index (χ0v) is 18.7. The highest BCUT2D eigenvalue weighted by Gasteiger charge is 2.31. The molecule has 0 aliphatic rings. The lowest BCUT2D eigenvalue weighted by atomic mass is 10.0. The molecule has 0 aliphatic heterocycles. The fraction of sp³-hybridized carbons (Fsp3) is 0.259. The lowest BCUT2D eigenvalue weighted by Crippen LogP contribution is -2.43. The van der Waals surface area contributed by atoms with Gasteiger partial charge in [0, 0.05) is 19.5 Å². The van der Waals surface area contributed by atoms with Crippen molar-refractivity contribution in [2.45, 2.75) is 32.4 Å². The third-order valence-corrected chi connectivity index (χ3v) is 5.33. The highest BCUT2D eigenvalue weighted by molar-refractivity contribution is 5.88. The Labute approximate surface area is 190 Å². The summed E-state index contributed by atoms with van der Waals surface area (Å²) in [5.74, 6) is 0.504. The SMILES string of the molecule is CCNC(=O)[C@@H](c1ccccc1)N(Cc1ccc(OC)cc1)C(=O)CCc1ccccc1. The summed E-state index contributed by atoms with van der Waals surface area (Å²) in [5, 5.41) is 2.90. The van der Waals surface area contributed by atoms with Gasteiger partial charge in [0.2, 0.25) is 11.8 Å². The van der Waals surface area contributed by atoms with Crippen molar-refractivity contribution in [3.8, 4) is 5.75 Å². The summed E-state index contributed by atoms with van der Waals surface area (Å²) in [6.07, 6.45) is 0.943. The van der Waals surface area contributed by atoms with E-state index in [-0.39, 0.29) is 11.8 Å². The van der Waals surface area contributed by atoms with Crippen LogP contribution in [0.3, 0.4) is 0 Å². The molecule has 0 fully saturated rings. The van der Waals surface area contributed by atoms with E-state index in [2.05, 4.69) is 5.32 Å². The summed E-state index contributed by atoms with van der Waals surface area (Å²) in [4.78, 5) is 28.3. The van der Waals surface area contributed by atoms with E-state index in [4.69, 9.17) is 4.74 Å². The molecule has 32 heavy (non-hydrogen) atoms. The first-order valence-corrected chi connectivity index (χ1v) is 10.9. The molecule has 0 spiro atoms. The van der Waals surface area contributed by atoms with Crippen molar-refractivity contribution in [2.75, 3.05) is 13.7 Å². The topological polar surface area (TPSA) is 58.6 Å². The molecule has 0 bridgehead atoms. The number of methoxy groups -OCH3 is 1. The number of hydrogen-bond donors (Lipinski definition) is 1. The van der Waals surface area contributed by atoms with Gasteiger partial charge in [0.15, 0.2) is 0 Å². The van der Waals surface area contributed by atoms with Gasteiger partial charge in [-0.25, -0.2) is 0 Å². The summed E-state index contributed by atoms with van der Waals surface area (Å²) >= 11 is 0. The Balaban J connectivity index is 1.91. The maximum Gasteiger partial charge on any atom is 0.247 e. The molecular formula is C27H30N2O3.